The average Bonchev–Trinajstić information content (AvgIpc) is 2.87. The van der Waals surface area contributed by atoms with Gasteiger partial charge < -0.3 is 10.1 Å². The van der Waals surface area contributed by atoms with Gasteiger partial charge in [-0.15, -0.1) is 0 Å². The van der Waals surface area contributed by atoms with Crippen LogP contribution in [0.2, 0.25) is 0 Å². The number of hydrogen-bond donors (Lipinski definition) is 2. The van der Waals surface area contributed by atoms with Gasteiger partial charge in [-0.3, -0.25) is 13.8 Å². The van der Waals surface area contributed by atoms with E-state index >= 15 is 0 Å². The monoisotopic (exact) mass is 553 g/mol. The molecule has 0 aliphatic heterocycles. The third-order valence-corrected chi connectivity index (χ3v) is 8.28. The van der Waals surface area contributed by atoms with Crippen LogP contribution < -0.4 is 19.1 Å². The molecule has 0 aliphatic rings. The minimum absolute atomic E-state index is 0.00527. The highest BCUT2D eigenvalue weighted by atomic mass is 32.2. The molecular weight excluding hydrogens is 526 g/mol. The van der Waals surface area contributed by atoms with Crippen LogP contribution in [0, 0.1) is 6.92 Å². The molecule has 0 saturated heterocycles. The summed E-state index contributed by atoms with van der Waals surface area (Å²) in [6.07, 6.45) is 1.00. The predicted molar refractivity (Wildman–Crippen MR) is 150 cm³/mol. The fraction of sp³-hybridized carbons (Fsp3) is 0.148. The molecule has 4 aromatic carbocycles. The molecule has 198 valence electrons. The summed E-state index contributed by atoms with van der Waals surface area (Å²) in [7, 11) is -6.31. The van der Waals surface area contributed by atoms with Gasteiger partial charge in [0, 0.05) is 11.1 Å². The number of nitrogens with zero attached hydrogens (tertiary/aromatic N) is 1. The number of rotatable bonds is 9. The second kappa shape index (κ2) is 10.7. The summed E-state index contributed by atoms with van der Waals surface area (Å²) in [5.74, 6) is -0.300. The minimum Gasteiger partial charge on any atom is -0.495 e. The normalized spacial score (nSPS) is 11.7. The summed E-state index contributed by atoms with van der Waals surface area (Å²) < 4.78 is 59.9. The Labute approximate surface area is 222 Å². The van der Waals surface area contributed by atoms with E-state index < -0.39 is 32.5 Å². The Kier molecular flexibility index (Phi) is 7.61. The lowest BCUT2D eigenvalue weighted by Gasteiger charge is -2.24. The van der Waals surface area contributed by atoms with Crippen LogP contribution >= 0.6 is 0 Å². The number of sulfonamides is 2. The maximum Gasteiger partial charge on any atom is 0.261 e. The van der Waals surface area contributed by atoms with Gasteiger partial charge in [-0.1, -0.05) is 42.5 Å². The number of fused-ring (bicyclic) bond motifs is 1. The largest absolute Gasteiger partial charge is 0.495 e. The fourth-order valence-corrected chi connectivity index (χ4v) is 5.87. The van der Waals surface area contributed by atoms with E-state index in [0.29, 0.717) is 17.1 Å². The van der Waals surface area contributed by atoms with E-state index in [1.807, 2.05) is 30.3 Å². The zero-order chi connectivity index (χ0) is 27.5. The second-order valence-electron chi connectivity index (χ2n) is 8.65. The third kappa shape index (κ3) is 6.06. The van der Waals surface area contributed by atoms with Gasteiger partial charge in [0.1, 0.15) is 12.3 Å². The van der Waals surface area contributed by atoms with Gasteiger partial charge in [-0.05, 0) is 60.3 Å². The number of amides is 1. The van der Waals surface area contributed by atoms with Crippen molar-refractivity contribution < 1.29 is 26.4 Å². The Morgan fingerprint density at radius 1 is 0.895 bits per heavy atom. The van der Waals surface area contributed by atoms with Gasteiger partial charge in [0.25, 0.3) is 10.0 Å². The molecule has 9 nitrogen and oxygen atoms in total. The van der Waals surface area contributed by atoms with Gasteiger partial charge >= 0.3 is 0 Å². The molecule has 2 N–H and O–H groups in total. The van der Waals surface area contributed by atoms with Crippen molar-refractivity contribution >= 4 is 53.8 Å². The van der Waals surface area contributed by atoms with Crippen LogP contribution in [0.3, 0.4) is 0 Å². The molecule has 0 unspecified atom stereocenters. The summed E-state index contributed by atoms with van der Waals surface area (Å²) in [5.41, 5.74) is 1.80. The molecular formula is C27H27N3O6S2. The number of hydrogen-bond acceptors (Lipinski definition) is 6. The van der Waals surface area contributed by atoms with Crippen LogP contribution in [-0.4, -0.2) is 42.7 Å². The molecule has 0 radical (unpaired) electrons. The molecule has 0 bridgehead atoms. The van der Waals surface area contributed by atoms with Crippen molar-refractivity contribution in [1.29, 1.82) is 0 Å². The Balaban J connectivity index is 1.50. The fourth-order valence-electron chi connectivity index (χ4n) is 3.94. The summed E-state index contributed by atoms with van der Waals surface area (Å²) in [5, 5.41) is 4.28. The lowest BCUT2D eigenvalue weighted by atomic mass is 10.1. The molecule has 38 heavy (non-hydrogen) atoms. The summed E-state index contributed by atoms with van der Waals surface area (Å²) in [4.78, 5) is 12.8. The molecule has 0 heterocycles. The van der Waals surface area contributed by atoms with E-state index in [4.69, 9.17) is 4.74 Å². The topological polar surface area (TPSA) is 122 Å². The Morgan fingerprint density at radius 2 is 1.58 bits per heavy atom. The van der Waals surface area contributed by atoms with Gasteiger partial charge in [-0.2, -0.15) is 0 Å². The van der Waals surface area contributed by atoms with E-state index in [-0.39, 0.29) is 10.6 Å². The van der Waals surface area contributed by atoms with Crippen molar-refractivity contribution in [3.05, 3.63) is 90.5 Å². The molecule has 0 fully saturated rings. The molecule has 0 atom stereocenters. The van der Waals surface area contributed by atoms with E-state index in [2.05, 4.69) is 10.0 Å². The number of nitrogens with one attached hydrogen (secondary N) is 2. The number of carbonyl (C=O) groups is 1. The zero-order valence-electron chi connectivity index (χ0n) is 21.0. The molecule has 0 aromatic heterocycles. The Hall–Kier alpha value is -4.09. The molecule has 1 amide bonds. The predicted octanol–water partition coefficient (Wildman–Crippen LogP) is 4.36. The first-order valence-corrected chi connectivity index (χ1v) is 14.8. The summed E-state index contributed by atoms with van der Waals surface area (Å²) >= 11 is 0. The second-order valence-corrected chi connectivity index (χ2v) is 12.2. The van der Waals surface area contributed by atoms with Crippen molar-refractivity contribution in [3.63, 3.8) is 0 Å². The molecule has 0 spiro atoms. The lowest BCUT2D eigenvalue weighted by Crippen LogP contribution is -2.37. The maximum absolute atomic E-state index is 13.0. The summed E-state index contributed by atoms with van der Waals surface area (Å²) in [6.45, 7) is 1.30. The van der Waals surface area contributed by atoms with E-state index in [9.17, 15) is 21.6 Å². The number of methoxy groups -OCH3 is 1. The van der Waals surface area contributed by atoms with Crippen LogP contribution in [0.1, 0.15) is 5.56 Å². The first-order chi connectivity index (χ1) is 18.0. The SMILES string of the molecule is COc1ccc(C)cc1N(CC(=O)Nc1ccc(S(=O)(=O)Nc2cccc3ccccc23)cc1)S(C)(=O)=O. The molecule has 4 aromatic rings. The zero-order valence-corrected chi connectivity index (χ0v) is 22.6. The number of benzene rings is 4. The van der Waals surface area contributed by atoms with Crippen LogP contribution in [0.4, 0.5) is 17.1 Å². The number of aryl methyl sites for hydroxylation is 1. The van der Waals surface area contributed by atoms with Gasteiger partial charge in [0.2, 0.25) is 15.9 Å². The van der Waals surface area contributed by atoms with Crippen LogP contribution in [0.5, 0.6) is 5.75 Å². The smallest absolute Gasteiger partial charge is 0.261 e. The molecule has 4 rings (SSSR count). The Bertz CT molecular complexity index is 1700. The van der Waals surface area contributed by atoms with E-state index in [0.717, 1.165) is 26.9 Å². The first-order valence-electron chi connectivity index (χ1n) is 11.5. The summed E-state index contributed by atoms with van der Waals surface area (Å²) in [6, 6.07) is 23.4. The highest BCUT2D eigenvalue weighted by Gasteiger charge is 2.24. The van der Waals surface area contributed by atoms with Crippen molar-refractivity contribution in [1.82, 2.24) is 0 Å². The standard InChI is InChI=1S/C27H27N3O6S2/c1-19-11-16-26(36-2)25(17-19)30(37(3,32)33)18-27(31)28-21-12-14-22(15-13-21)38(34,35)29-24-10-6-8-20-7-4-5-9-23(20)24/h4-17,29H,18H2,1-3H3,(H,28,31). The van der Waals surface area contributed by atoms with Crippen molar-refractivity contribution in [2.24, 2.45) is 0 Å². The molecule has 11 heteroatoms. The number of ether oxygens (including phenoxy) is 1. The molecule has 0 saturated carbocycles. The van der Waals surface area contributed by atoms with Gasteiger partial charge in [0.05, 0.1) is 29.6 Å². The van der Waals surface area contributed by atoms with Crippen LogP contribution in [-0.2, 0) is 24.8 Å². The first kappa shape index (κ1) is 27.0. The van der Waals surface area contributed by atoms with Crippen molar-refractivity contribution in [2.45, 2.75) is 11.8 Å². The maximum atomic E-state index is 13.0. The highest BCUT2D eigenvalue weighted by Crippen LogP contribution is 2.31. The molecule has 0 aliphatic carbocycles. The highest BCUT2D eigenvalue weighted by molar-refractivity contribution is 7.92. The van der Waals surface area contributed by atoms with E-state index in [1.54, 1.807) is 37.3 Å². The van der Waals surface area contributed by atoms with Gasteiger partial charge in [-0.25, -0.2) is 16.8 Å². The number of anilines is 3. The van der Waals surface area contributed by atoms with Crippen molar-refractivity contribution in [2.75, 3.05) is 34.3 Å². The minimum atomic E-state index is -3.90. The Morgan fingerprint density at radius 3 is 2.26 bits per heavy atom. The number of carbonyl (C=O) groups excluding carboxylic acids is 1. The quantitative estimate of drug-likeness (QED) is 0.318. The average molecular weight is 554 g/mol. The third-order valence-electron chi connectivity index (χ3n) is 5.77. The van der Waals surface area contributed by atoms with Crippen LogP contribution in [0.15, 0.2) is 89.8 Å². The van der Waals surface area contributed by atoms with Crippen molar-refractivity contribution in [3.8, 4) is 5.75 Å². The lowest BCUT2D eigenvalue weighted by molar-refractivity contribution is -0.114. The van der Waals surface area contributed by atoms with Crippen LogP contribution in [0.25, 0.3) is 10.8 Å². The van der Waals surface area contributed by atoms with Gasteiger partial charge in [0.15, 0.2) is 0 Å². The van der Waals surface area contributed by atoms with E-state index in [1.165, 1.54) is 31.4 Å².